The predicted octanol–water partition coefficient (Wildman–Crippen LogP) is 2.66. The van der Waals surface area contributed by atoms with E-state index < -0.39 is 7.82 Å². The summed E-state index contributed by atoms with van der Waals surface area (Å²) < 4.78 is 27.1. The summed E-state index contributed by atoms with van der Waals surface area (Å²) in [5.74, 6) is 0.461. The number of phosphoric ester groups is 1. The third-order valence-electron chi connectivity index (χ3n) is 2.26. The summed E-state index contributed by atoms with van der Waals surface area (Å²) in [4.78, 5) is 0. The molecule has 0 spiro atoms. The van der Waals surface area contributed by atoms with Gasteiger partial charge in [-0.05, 0) is 12.1 Å². The normalized spacial score (nSPS) is 12.5. The average Bonchev–Trinajstić information content (AvgIpc) is 2.28. The van der Waals surface area contributed by atoms with Crippen molar-refractivity contribution in [3.63, 3.8) is 0 Å². The van der Waals surface area contributed by atoms with E-state index in [9.17, 15) is 4.57 Å². The molecule has 17 heavy (non-hydrogen) atoms. The highest BCUT2D eigenvalue weighted by Crippen LogP contribution is 2.48. The summed E-state index contributed by atoms with van der Waals surface area (Å²) in [6.45, 7) is 0. The van der Waals surface area contributed by atoms with Crippen molar-refractivity contribution >= 4 is 13.5 Å². The van der Waals surface area contributed by atoms with Gasteiger partial charge in [0, 0.05) is 20.3 Å². The Labute approximate surface area is 102 Å². The zero-order valence-corrected chi connectivity index (χ0v) is 11.7. The summed E-state index contributed by atoms with van der Waals surface area (Å²) in [6.07, 6.45) is 0. The molecule has 1 rings (SSSR count). The molecule has 0 radical (unpaired) electrons. The first-order valence-corrected chi connectivity index (χ1v) is 6.60. The molecule has 0 amide bonds. The minimum atomic E-state index is -3.48. The molecule has 0 unspecified atom stereocenters. The Hall–Kier alpha value is -0.870. The Morgan fingerprint density at radius 1 is 1.12 bits per heavy atom. The van der Waals surface area contributed by atoms with Crippen LogP contribution in [0, 0.1) is 0 Å². The van der Waals surface area contributed by atoms with Crippen LogP contribution in [-0.2, 0) is 13.6 Å². The van der Waals surface area contributed by atoms with Gasteiger partial charge in [0.1, 0.15) is 11.4 Å². The van der Waals surface area contributed by atoms with E-state index in [0.717, 1.165) is 5.69 Å². The molecule has 1 aromatic rings. The molecular weight excluding hydrogens is 241 g/mol. The number of rotatable bonds is 5. The molecule has 0 heterocycles. The molecule has 0 N–H and O–H groups in total. The first kappa shape index (κ1) is 14.2. The van der Waals surface area contributed by atoms with Gasteiger partial charge in [-0.15, -0.1) is 0 Å². The number of quaternary nitrogens is 1. The van der Waals surface area contributed by atoms with E-state index in [0.29, 0.717) is 10.2 Å². The lowest BCUT2D eigenvalue weighted by Crippen LogP contribution is -2.34. The van der Waals surface area contributed by atoms with Gasteiger partial charge < -0.3 is 4.52 Å². The first-order chi connectivity index (χ1) is 7.80. The molecule has 0 aliphatic carbocycles. The standard InChI is InChI=1S/C11H19NO4P/c1-12(2,3)10-7-6-8-11(9-10)16-17(13,14-4)15-5/h6-9H,1-5H3/q+1. The minimum Gasteiger partial charge on any atom is -0.404 e. The van der Waals surface area contributed by atoms with Crippen molar-refractivity contribution in [1.82, 2.24) is 4.48 Å². The lowest BCUT2D eigenvalue weighted by Gasteiger charge is -2.24. The van der Waals surface area contributed by atoms with Crippen LogP contribution in [0.25, 0.3) is 0 Å². The van der Waals surface area contributed by atoms with Crippen LogP contribution >= 0.6 is 7.82 Å². The number of benzene rings is 1. The Morgan fingerprint density at radius 3 is 2.18 bits per heavy atom. The summed E-state index contributed by atoms with van der Waals surface area (Å²) in [7, 11) is 5.19. The molecular formula is C11H19NO4P+. The maximum atomic E-state index is 11.8. The number of hydrogen-bond donors (Lipinski definition) is 0. The van der Waals surface area contributed by atoms with E-state index >= 15 is 0 Å². The van der Waals surface area contributed by atoms with E-state index in [2.05, 4.69) is 0 Å². The zero-order chi connectivity index (χ0) is 13.1. The second-order valence-corrected chi connectivity index (χ2v) is 6.22. The van der Waals surface area contributed by atoms with E-state index in [1.165, 1.54) is 14.2 Å². The fourth-order valence-corrected chi connectivity index (χ4v) is 1.91. The molecule has 0 saturated carbocycles. The van der Waals surface area contributed by atoms with E-state index in [-0.39, 0.29) is 0 Å². The highest BCUT2D eigenvalue weighted by Gasteiger charge is 2.25. The third-order valence-corrected chi connectivity index (χ3v) is 3.59. The third kappa shape index (κ3) is 3.82. The largest absolute Gasteiger partial charge is 0.529 e. The van der Waals surface area contributed by atoms with Gasteiger partial charge in [-0.1, -0.05) is 6.07 Å². The molecule has 6 heteroatoms. The first-order valence-electron chi connectivity index (χ1n) is 5.14. The van der Waals surface area contributed by atoms with Crippen LogP contribution in [-0.4, -0.2) is 35.4 Å². The number of hydrogen-bond acceptors (Lipinski definition) is 4. The van der Waals surface area contributed by atoms with Crippen molar-refractivity contribution in [1.29, 1.82) is 0 Å². The van der Waals surface area contributed by atoms with Crippen molar-refractivity contribution in [2.75, 3.05) is 35.4 Å². The van der Waals surface area contributed by atoms with Gasteiger partial charge in [-0.3, -0.25) is 13.5 Å². The Bertz CT molecular complexity index is 420. The van der Waals surface area contributed by atoms with Crippen molar-refractivity contribution in [2.45, 2.75) is 0 Å². The fraction of sp³-hybridized carbons (Fsp3) is 0.455. The predicted molar refractivity (Wildman–Crippen MR) is 68.3 cm³/mol. The summed E-state index contributed by atoms with van der Waals surface area (Å²) in [6, 6.07) is 7.33. The highest BCUT2D eigenvalue weighted by atomic mass is 31.2. The molecule has 0 aromatic heterocycles. The van der Waals surface area contributed by atoms with Gasteiger partial charge in [0.15, 0.2) is 0 Å². The van der Waals surface area contributed by atoms with Gasteiger partial charge in [-0.2, -0.15) is 0 Å². The minimum absolute atomic E-state index is 0.461. The van der Waals surface area contributed by atoms with E-state index in [4.69, 9.17) is 13.6 Å². The summed E-state index contributed by atoms with van der Waals surface area (Å²) >= 11 is 0. The van der Waals surface area contributed by atoms with Gasteiger partial charge in [-0.25, -0.2) is 4.57 Å². The smallest absolute Gasteiger partial charge is 0.404 e. The van der Waals surface area contributed by atoms with Crippen LogP contribution in [0.3, 0.4) is 0 Å². The van der Waals surface area contributed by atoms with Crippen LogP contribution in [0.2, 0.25) is 0 Å². The molecule has 0 saturated heterocycles. The highest BCUT2D eigenvalue weighted by molar-refractivity contribution is 7.48. The van der Waals surface area contributed by atoms with Crippen LogP contribution in [0.1, 0.15) is 0 Å². The van der Waals surface area contributed by atoms with Gasteiger partial charge in [0.2, 0.25) is 0 Å². The molecule has 0 fully saturated rings. The zero-order valence-electron chi connectivity index (χ0n) is 10.8. The average molecular weight is 260 g/mol. The summed E-state index contributed by atoms with van der Waals surface area (Å²) in [5.41, 5.74) is 1.03. The fourth-order valence-electron chi connectivity index (χ4n) is 1.24. The monoisotopic (exact) mass is 260 g/mol. The molecule has 1 aromatic carbocycles. The SMILES string of the molecule is COP(=O)(OC)Oc1cccc([N+](C)(C)C)c1. The molecule has 96 valence electrons. The topological polar surface area (TPSA) is 44.8 Å². The van der Waals surface area contributed by atoms with Gasteiger partial charge in [0.05, 0.1) is 21.1 Å². The molecule has 0 bridgehead atoms. The summed E-state index contributed by atoms with van der Waals surface area (Å²) in [5, 5.41) is 0. The molecule has 0 aliphatic rings. The maximum Gasteiger partial charge on any atom is 0.529 e. The van der Waals surface area contributed by atoms with Crippen LogP contribution in [0.4, 0.5) is 5.69 Å². The van der Waals surface area contributed by atoms with Crippen LogP contribution in [0.15, 0.2) is 24.3 Å². The quantitative estimate of drug-likeness (QED) is 0.603. The Balaban J connectivity index is 2.98. The number of nitrogens with zero attached hydrogens (tertiary/aromatic N) is 1. The van der Waals surface area contributed by atoms with Gasteiger partial charge in [0.25, 0.3) is 0 Å². The Kier molecular flexibility index (Phi) is 4.33. The van der Waals surface area contributed by atoms with E-state index in [1.54, 1.807) is 6.07 Å². The Morgan fingerprint density at radius 2 is 1.71 bits per heavy atom. The molecule has 5 nitrogen and oxygen atoms in total. The number of phosphoric acid groups is 1. The van der Waals surface area contributed by atoms with Crippen molar-refractivity contribution in [3.05, 3.63) is 24.3 Å². The van der Waals surface area contributed by atoms with Crippen LogP contribution in [0.5, 0.6) is 5.75 Å². The maximum absolute atomic E-state index is 11.8. The van der Waals surface area contributed by atoms with Crippen molar-refractivity contribution in [2.24, 2.45) is 0 Å². The van der Waals surface area contributed by atoms with E-state index in [1.807, 2.05) is 39.3 Å². The molecule has 0 aliphatic heterocycles. The lowest BCUT2D eigenvalue weighted by atomic mass is 10.2. The van der Waals surface area contributed by atoms with Gasteiger partial charge >= 0.3 is 7.82 Å². The molecule has 0 atom stereocenters. The van der Waals surface area contributed by atoms with Crippen molar-refractivity contribution < 1.29 is 18.1 Å². The lowest BCUT2D eigenvalue weighted by molar-refractivity contribution is 0.211. The van der Waals surface area contributed by atoms with Crippen molar-refractivity contribution in [3.8, 4) is 5.75 Å². The second-order valence-electron chi connectivity index (χ2n) is 4.41. The second kappa shape index (κ2) is 5.19. The van der Waals surface area contributed by atoms with Crippen LogP contribution < -0.4 is 9.01 Å².